The summed E-state index contributed by atoms with van der Waals surface area (Å²) in [6.45, 7) is 0. The van der Waals surface area contributed by atoms with Gasteiger partial charge in [0.05, 0.1) is 0 Å². The van der Waals surface area contributed by atoms with Gasteiger partial charge in [-0.25, -0.2) is 0 Å². The van der Waals surface area contributed by atoms with Crippen LogP contribution in [0.3, 0.4) is 0 Å². The molecular weight excluding hydrogens is 114 g/mol. The van der Waals surface area contributed by atoms with Crippen LogP contribution in [0.15, 0.2) is 5.10 Å². The van der Waals surface area contributed by atoms with E-state index in [1.54, 1.807) is 11.2 Å². The van der Waals surface area contributed by atoms with Gasteiger partial charge in [-0.05, 0) is 0 Å². The Bertz CT molecular complexity index is 92.2. The smallest absolute Gasteiger partial charge is 0.192 e. The Labute approximate surface area is 46.9 Å². The van der Waals surface area contributed by atoms with Crippen LogP contribution in [0, 0.1) is 0 Å². The molecule has 1 N–H and O–H groups in total. The number of hydrogen-bond donors (Lipinski definition) is 1. The van der Waals surface area contributed by atoms with E-state index in [1.165, 1.54) is 0 Å². The summed E-state index contributed by atoms with van der Waals surface area (Å²) < 4.78 is 0. The number of rotatable bonds is 0. The molecule has 0 saturated carbocycles. The van der Waals surface area contributed by atoms with E-state index in [2.05, 4.69) is 10.5 Å². The number of halogens is 1. The third-order valence-electron chi connectivity index (χ3n) is 0.779. The third kappa shape index (κ3) is 0.771. The Balaban J connectivity index is 2.45. The molecular formula is C3H6ClN3. The van der Waals surface area contributed by atoms with Gasteiger partial charge in [-0.15, -0.1) is 0 Å². The van der Waals surface area contributed by atoms with Crippen molar-refractivity contribution in [3.63, 3.8) is 0 Å². The molecule has 40 valence electrons. The Morgan fingerprint density at radius 3 is 2.86 bits per heavy atom. The van der Waals surface area contributed by atoms with Crippen molar-refractivity contribution in [2.75, 3.05) is 7.05 Å². The van der Waals surface area contributed by atoms with E-state index in [-0.39, 0.29) is 5.62 Å². The van der Waals surface area contributed by atoms with Gasteiger partial charge in [0.2, 0.25) is 0 Å². The Hall–Kier alpha value is -0.440. The molecule has 4 heteroatoms. The highest BCUT2D eigenvalue weighted by Crippen LogP contribution is 1.98. The molecule has 1 atom stereocenters. The SMILES string of the molecule is CN1C=NNC1Cl. The van der Waals surface area contributed by atoms with Crippen LogP contribution >= 0.6 is 11.6 Å². The molecule has 1 aliphatic rings. The van der Waals surface area contributed by atoms with Gasteiger partial charge in [0.15, 0.2) is 5.62 Å². The summed E-state index contributed by atoms with van der Waals surface area (Å²) in [6, 6.07) is 0. The summed E-state index contributed by atoms with van der Waals surface area (Å²) in [5.74, 6) is 0. The van der Waals surface area contributed by atoms with Gasteiger partial charge in [0.25, 0.3) is 0 Å². The van der Waals surface area contributed by atoms with E-state index >= 15 is 0 Å². The molecule has 1 heterocycles. The van der Waals surface area contributed by atoms with Gasteiger partial charge in [0, 0.05) is 7.05 Å². The van der Waals surface area contributed by atoms with E-state index in [0.29, 0.717) is 0 Å². The van der Waals surface area contributed by atoms with Crippen LogP contribution in [-0.2, 0) is 0 Å². The largest absolute Gasteiger partial charge is 0.330 e. The second kappa shape index (κ2) is 1.58. The lowest BCUT2D eigenvalue weighted by Gasteiger charge is -2.09. The molecule has 0 aromatic rings. The molecule has 0 spiro atoms. The van der Waals surface area contributed by atoms with Crippen molar-refractivity contribution in [3.05, 3.63) is 0 Å². The van der Waals surface area contributed by atoms with Crippen molar-refractivity contribution in [3.8, 4) is 0 Å². The van der Waals surface area contributed by atoms with E-state index in [0.717, 1.165) is 0 Å². The Kier molecular flexibility index (Phi) is 1.06. The van der Waals surface area contributed by atoms with Gasteiger partial charge >= 0.3 is 0 Å². The summed E-state index contributed by atoms with van der Waals surface area (Å²) >= 11 is 5.55. The highest BCUT2D eigenvalue weighted by Gasteiger charge is 2.09. The summed E-state index contributed by atoms with van der Waals surface area (Å²) in [5.41, 5.74) is 2.48. The Morgan fingerprint density at radius 1 is 2.00 bits per heavy atom. The number of hydrogen-bond acceptors (Lipinski definition) is 3. The fourth-order valence-electron chi connectivity index (χ4n) is 0.336. The molecule has 1 unspecified atom stereocenters. The van der Waals surface area contributed by atoms with E-state index in [1.807, 2.05) is 7.05 Å². The summed E-state index contributed by atoms with van der Waals surface area (Å²) in [6.07, 6.45) is 1.64. The van der Waals surface area contributed by atoms with Crippen molar-refractivity contribution >= 4 is 17.9 Å². The average molecular weight is 120 g/mol. The van der Waals surface area contributed by atoms with Gasteiger partial charge in [-0.3, -0.25) is 5.43 Å². The van der Waals surface area contributed by atoms with Crippen LogP contribution in [0.4, 0.5) is 0 Å². The van der Waals surface area contributed by atoms with Crippen molar-refractivity contribution in [2.45, 2.75) is 5.62 Å². The minimum Gasteiger partial charge on any atom is -0.330 e. The summed E-state index contributed by atoms with van der Waals surface area (Å²) in [7, 11) is 1.85. The second-order valence-corrected chi connectivity index (χ2v) is 1.79. The van der Waals surface area contributed by atoms with Crippen molar-refractivity contribution in [1.29, 1.82) is 0 Å². The topological polar surface area (TPSA) is 27.6 Å². The lowest BCUT2D eigenvalue weighted by Crippen LogP contribution is -2.27. The fraction of sp³-hybridized carbons (Fsp3) is 0.667. The number of hydrazone groups is 1. The second-order valence-electron chi connectivity index (χ2n) is 1.37. The molecule has 0 aliphatic carbocycles. The molecule has 0 fully saturated rings. The zero-order chi connectivity index (χ0) is 5.28. The quantitative estimate of drug-likeness (QED) is 0.359. The standard InChI is InChI=1S/C3H6ClN3/c1-7-2-5-6-3(7)4/h2-3,6H,1H3. The number of nitrogens with one attached hydrogen (secondary N) is 1. The maximum Gasteiger partial charge on any atom is 0.192 e. The maximum atomic E-state index is 5.55. The average Bonchev–Trinajstić information content (AvgIpc) is 1.91. The van der Waals surface area contributed by atoms with Crippen LogP contribution in [0.1, 0.15) is 0 Å². The maximum absolute atomic E-state index is 5.55. The molecule has 1 aliphatic heterocycles. The van der Waals surface area contributed by atoms with Crippen LogP contribution in [0.2, 0.25) is 0 Å². The first-order chi connectivity index (χ1) is 3.30. The predicted octanol–water partition coefficient (Wildman–Crippen LogP) is -0.0129. The monoisotopic (exact) mass is 119 g/mol. The first-order valence-electron chi connectivity index (χ1n) is 1.95. The fourth-order valence-corrected chi connectivity index (χ4v) is 0.442. The Morgan fingerprint density at radius 2 is 2.71 bits per heavy atom. The van der Waals surface area contributed by atoms with E-state index < -0.39 is 0 Å². The molecule has 7 heavy (non-hydrogen) atoms. The van der Waals surface area contributed by atoms with Crippen LogP contribution in [-0.4, -0.2) is 23.9 Å². The molecule has 0 radical (unpaired) electrons. The molecule has 1 rings (SSSR count). The van der Waals surface area contributed by atoms with Crippen LogP contribution < -0.4 is 5.43 Å². The highest BCUT2D eigenvalue weighted by molar-refractivity contribution is 6.20. The first-order valence-corrected chi connectivity index (χ1v) is 2.39. The van der Waals surface area contributed by atoms with Crippen molar-refractivity contribution in [1.82, 2.24) is 10.3 Å². The van der Waals surface area contributed by atoms with Gasteiger partial charge in [-0.1, -0.05) is 11.6 Å². The zero-order valence-electron chi connectivity index (χ0n) is 3.93. The first kappa shape index (κ1) is 4.71. The third-order valence-corrected chi connectivity index (χ3v) is 1.18. The van der Waals surface area contributed by atoms with Crippen LogP contribution in [0.5, 0.6) is 0 Å². The predicted molar refractivity (Wildman–Crippen MR) is 29.0 cm³/mol. The van der Waals surface area contributed by atoms with Gasteiger partial charge < -0.3 is 4.90 Å². The molecule has 0 bridgehead atoms. The molecule has 0 aromatic heterocycles. The zero-order valence-corrected chi connectivity index (χ0v) is 4.68. The van der Waals surface area contributed by atoms with Crippen molar-refractivity contribution in [2.24, 2.45) is 5.10 Å². The molecule has 3 nitrogen and oxygen atoms in total. The van der Waals surface area contributed by atoms with Crippen LogP contribution in [0.25, 0.3) is 0 Å². The van der Waals surface area contributed by atoms with Gasteiger partial charge in [-0.2, -0.15) is 5.10 Å². The summed E-state index contributed by atoms with van der Waals surface area (Å²) in [5, 5.41) is 3.66. The minimum atomic E-state index is -0.153. The highest BCUT2D eigenvalue weighted by atomic mass is 35.5. The van der Waals surface area contributed by atoms with E-state index in [4.69, 9.17) is 11.6 Å². The molecule has 0 amide bonds. The normalized spacial score (nSPS) is 28.3. The van der Waals surface area contributed by atoms with E-state index in [9.17, 15) is 0 Å². The number of nitrogens with zero attached hydrogens (tertiary/aromatic N) is 2. The summed E-state index contributed by atoms with van der Waals surface area (Å²) in [4.78, 5) is 1.77. The van der Waals surface area contributed by atoms with Gasteiger partial charge in [0.1, 0.15) is 6.34 Å². The lowest BCUT2D eigenvalue weighted by molar-refractivity contribution is 0.463. The lowest BCUT2D eigenvalue weighted by atomic mass is 10.9. The minimum absolute atomic E-state index is 0.153. The molecule has 0 aromatic carbocycles. The number of alkyl halides is 1. The molecule has 0 saturated heterocycles. The van der Waals surface area contributed by atoms with Crippen molar-refractivity contribution < 1.29 is 0 Å².